The average Bonchev–Trinajstić information content (AvgIpc) is 2.29. The molecule has 0 aliphatic rings. The highest BCUT2D eigenvalue weighted by Gasteiger charge is 2.04. The van der Waals surface area contributed by atoms with Crippen LogP contribution in [0.2, 0.25) is 0 Å². The van der Waals surface area contributed by atoms with Gasteiger partial charge in [-0.3, -0.25) is 9.59 Å². The van der Waals surface area contributed by atoms with Crippen LogP contribution in [0.4, 0.5) is 0 Å². The molecule has 0 bridgehead atoms. The van der Waals surface area contributed by atoms with Crippen LogP contribution in [0.25, 0.3) is 6.08 Å². The fraction of sp³-hybridized carbons (Fsp3) is 0.333. The highest BCUT2D eigenvalue weighted by Crippen LogP contribution is 2.14. The number of hydrogen-bond acceptors (Lipinski definition) is 2. The molecule has 0 aliphatic heterocycles. The molecule has 90 valence electrons. The Morgan fingerprint density at radius 2 is 2.00 bits per heavy atom. The molecule has 17 heavy (non-hydrogen) atoms. The summed E-state index contributed by atoms with van der Waals surface area (Å²) in [6.07, 6.45) is 4.41. The summed E-state index contributed by atoms with van der Waals surface area (Å²) in [5.74, 6) is 0.285. The Bertz CT molecular complexity index is 456. The summed E-state index contributed by atoms with van der Waals surface area (Å²) in [5.41, 5.74) is 3.15. The van der Waals surface area contributed by atoms with Crippen molar-refractivity contribution in [2.75, 3.05) is 0 Å². The zero-order valence-corrected chi connectivity index (χ0v) is 10.6. The Hall–Kier alpha value is -1.70. The molecular formula is C15H18O2. The molecule has 0 fully saturated rings. The molecule has 0 saturated heterocycles. The number of hydrogen-bond donors (Lipinski definition) is 0. The van der Waals surface area contributed by atoms with Crippen LogP contribution in [-0.2, 0) is 16.0 Å². The van der Waals surface area contributed by atoms with E-state index in [0.29, 0.717) is 12.8 Å². The third kappa shape index (κ3) is 4.35. The van der Waals surface area contributed by atoms with Gasteiger partial charge in [0.1, 0.15) is 5.78 Å². The number of ketones is 2. The van der Waals surface area contributed by atoms with Gasteiger partial charge in [0.25, 0.3) is 0 Å². The Balaban J connectivity index is 2.86. The fourth-order valence-corrected chi connectivity index (χ4v) is 1.57. The van der Waals surface area contributed by atoms with Crippen molar-refractivity contribution in [1.82, 2.24) is 0 Å². The lowest BCUT2D eigenvalue weighted by molar-refractivity contribution is -0.118. The van der Waals surface area contributed by atoms with Crippen molar-refractivity contribution < 1.29 is 9.59 Å². The minimum atomic E-state index is 0.0351. The van der Waals surface area contributed by atoms with Crippen molar-refractivity contribution in [3.8, 4) is 0 Å². The molecule has 1 aromatic carbocycles. The van der Waals surface area contributed by atoms with Gasteiger partial charge in [-0.15, -0.1) is 0 Å². The van der Waals surface area contributed by atoms with Gasteiger partial charge in [-0.25, -0.2) is 0 Å². The first-order valence-corrected chi connectivity index (χ1v) is 5.82. The molecule has 0 spiro atoms. The van der Waals surface area contributed by atoms with Crippen LogP contribution in [-0.4, -0.2) is 11.6 Å². The summed E-state index contributed by atoms with van der Waals surface area (Å²) in [7, 11) is 0. The molecule has 0 amide bonds. The minimum absolute atomic E-state index is 0.0351. The van der Waals surface area contributed by atoms with Gasteiger partial charge in [0.15, 0.2) is 5.78 Å². The Labute approximate surface area is 102 Å². The van der Waals surface area contributed by atoms with Gasteiger partial charge in [0.05, 0.1) is 0 Å². The summed E-state index contributed by atoms with van der Waals surface area (Å²) in [6.45, 7) is 5.39. The van der Waals surface area contributed by atoms with E-state index >= 15 is 0 Å². The van der Waals surface area contributed by atoms with Crippen LogP contribution in [0.3, 0.4) is 0 Å². The third-order valence-corrected chi connectivity index (χ3v) is 2.66. The van der Waals surface area contributed by atoms with Crippen molar-refractivity contribution >= 4 is 17.6 Å². The second-order valence-corrected chi connectivity index (χ2v) is 4.20. The van der Waals surface area contributed by atoms with Crippen LogP contribution in [0.15, 0.2) is 24.3 Å². The third-order valence-electron chi connectivity index (χ3n) is 2.66. The average molecular weight is 230 g/mol. The molecule has 0 atom stereocenters. The maximum atomic E-state index is 11.4. The summed E-state index contributed by atoms with van der Waals surface area (Å²) in [6, 6.07) is 5.89. The SMILES string of the molecule is CCC(=O)Cc1ccc(/C=C/C(C)=O)cc1C. The molecule has 0 saturated carbocycles. The number of Topliss-reactive ketones (excluding diaryl/α,β-unsaturated/α-hetero) is 1. The molecule has 0 aromatic heterocycles. The number of allylic oxidation sites excluding steroid dienone is 1. The number of benzene rings is 1. The van der Waals surface area contributed by atoms with E-state index in [-0.39, 0.29) is 11.6 Å². The van der Waals surface area contributed by atoms with Crippen molar-refractivity contribution in [2.24, 2.45) is 0 Å². The van der Waals surface area contributed by atoms with E-state index in [4.69, 9.17) is 0 Å². The Morgan fingerprint density at radius 3 is 2.53 bits per heavy atom. The van der Waals surface area contributed by atoms with Crippen LogP contribution >= 0.6 is 0 Å². The molecule has 0 aliphatic carbocycles. The highest BCUT2D eigenvalue weighted by atomic mass is 16.1. The van der Waals surface area contributed by atoms with Gasteiger partial charge < -0.3 is 0 Å². The lowest BCUT2D eigenvalue weighted by Gasteiger charge is -2.05. The summed E-state index contributed by atoms with van der Waals surface area (Å²) < 4.78 is 0. The van der Waals surface area contributed by atoms with Crippen molar-refractivity contribution in [3.63, 3.8) is 0 Å². The van der Waals surface area contributed by atoms with E-state index < -0.39 is 0 Å². The summed E-state index contributed by atoms with van der Waals surface area (Å²) in [4.78, 5) is 22.2. The standard InChI is InChI=1S/C15H18O2/c1-4-15(17)10-14-8-7-13(9-11(14)2)6-5-12(3)16/h5-9H,4,10H2,1-3H3/b6-5+. The predicted octanol–water partition coefficient (Wildman–Crippen LogP) is 3.12. The predicted molar refractivity (Wildman–Crippen MR) is 69.9 cm³/mol. The van der Waals surface area contributed by atoms with E-state index in [2.05, 4.69) is 0 Å². The van der Waals surface area contributed by atoms with Gasteiger partial charge in [0.2, 0.25) is 0 Å². The molecule has 1 rings (SSSR count). The van der Waals surface area contributed by atoms with Gasteiger partial charge in [0, 0.05) is 12.8 Å². The lowest BCUT2D eigenvalue weighted by Crippen LogP contribution is -2.02. The monoisotopic (exact) mass is 230 g/mol. The van der Waals surface area contributed by atoms with Crippen molar-refractivity contribution in [3.05, 3.63) is 41.0 Å². The van der Waals surface area contributed by atoms with Crippen molar-refractivity contribution in [2.45, 2.75) is 33.6 Å². The molecule has 1 aromatic rings. The van der Waals surface area contributed by atoms with E-state index in [0.717, 1.165) is 16.7 Å². The summed E-state index contributed by atoms with van der Waals surface area (Å²) in [5, 5.41) is 0. The quantitative estimate of drug-likeness (QED) is 0.728. The Kier molecular flexibility index (Phi) is 4.83. The minimum Gasteiger partial charge on any atom is -0.299 e. The topological polar surface area (TPSA) is 34.1 Å². The largest absolute Gasteiger partial charge is 0.299 e. The smallest absolute Gasteiger partial charge is 0.152 e. The van der Waals surface area contributed by atoms with Gasteiger partial charge >= 0.3 is 0 Å². The molecule has 2 nitrogen and oxygen atoms in total. The van der Waals surface area contributed by atoms with E-state index in [1.165, 1.54) is 6.92 Å². The van der Waals surface area contributed by atoms with Crippen LogP contribution in [0.1, 0.15) is 37.0 Å². The normalized spacial score (nSPS) is 10.8. The summed E-state index contributed by atoms with van der Waals surface area (Å²) >= 11 is 0. The zero-order valence-electron chi connectivity index (χ0n) is 10.6. The first kappa shape index (κ1) is 13.4. The first-order chi connectivity index (χ1) is 8.02. The van der Waals surface area contributed by atoms with Crippen LogP contribution in [0.5, 0.6) is 0 Å². The number of aryl methyl sites for hydroxylation is 1. The van der Waals surface area contributed by atoms with E-state index in [1.54, 1.807) is 12.2 Å². The first-order valence-electron chi connectivity index (χ1n) is 5.82. The van der Waals surface area contributed by atoms with E-state index in [1.807, 2.05) is 32.0 Å². The maximum absolute atomic E-state index is 11.4. The van der Waals surface area contributed by atoms with Gasteiger partial charge in [-0.05, 0) is 36.6 Å². The zero-order chi connectivity index (χ0) is 12.8. The van der Waals surface area contributed by atoms with Crippen LogP contribution < -0.4 is 0 Å². The molecule has 0 heterocycles. The second kappa shape index (κ2) is 6.14. The lowest BCUT2D eigenvalue weighted by atomic mass is 9.99. The fourth-order valence-electron chi connectivity index (χ4n) is 1.57. The Morgan fingerprint density at radius 1 is 1.29 bits per heavy atom. The van der Waals surface area contributed by atoms with Gasteiger partial charge in [-0.1, -0.05) is 31.2 Å². The number of rotatable bonds is 5. The molecule has 0 N–H and O–H groups in total. The second-order valence-electron chi connectivity index (χ2n) is 4.20. The molecule has 0 radical (unpaired) electrons. The van der Waals surface area contributed by atoms with Gasteiger partial charge in [-0.2, -0.15) is 0 Å². The molecular weight excluding hydrogens is 212 g/mol. The van der Waals surface area contributed by atoms with Crippen LogP contribution in [0, 0.1) is 6.92 Å². The maximum Gasteiger partial charge on any atom is 0.152 e. The molecule has 0 unspecified atom stereocenters. The molecule has 2 heteroatoms. The van der Waals surface area contributed by atoms with E-state index in [9.17, 15) is 9.59 Å². The number of carbonyl (C=O) groups excluding carboxylic acids is 2. The number of carbonyl (C=O) groups is 2. The highest BCUT2D eigenvalue weighted by molar-refractivity contribution is 5.91. The van der Waals surface area contributed by atoms with Crippen molar-refractivity contribution in [1.29, 1.82) is 0 Å².